The Bertz CT molecular complexity index is 335. The molecule has 1 aromatic rings. The Morgan fingerprint density at radius 3 is 3.06 bits per heavy atom. The smallest absolute Gasteiger partial charge is 0.272 e. The van der Waals surface area contributed by atoms with Crippen LogP contribution in [-0.4, -0.2) is 45.5 Å². The lowest BCUT2D eigenvalue weighted by Gasteiger charge is -2.13. The average molecular weight is 265 g/mol. The van der Waals surface area contributed by atoms with Gasteiger partial charge in [0, 0.05) is 25.6 Å². The average Bonchev–Trinajstić information content (AvgIpc) is 2.85. The second-order valence-electron chi connectivity index (χ2n) is 3.49. The highest BCUT2D eigenvalue weighted by Gasteiger charge is 2.25. The molecule has 0 bridgehead atoms. The van der Waals surface area contributed by atoms with Gasteiger partial charge in [0.05, 0.1) is 24.0 Å². The fraction of sp³-hybridized carbons (Fsp3) is 0.625. The summed E-state index contributed by atoms with van der Waals surface area (Å²) in [5.74, 6) is -0.150. The fourth-order valence-electron chi connectivity index (χ4n) is 1.51. The number of aliphatic hydroxyl groups excluding tert-OH is 1. The van der Waals surface area contributed by atoms with Gasteiger partial charge in [-0.1, -0.05) is 0 Å². The van der Waals surface area contributed by atoms with Crippen molar-refractivity contribution in [2.75, 3.05) is 19.6 Å². The van der Waals surface area contributed by atoms with Crippen molar-refractivity contribution in [1.29, 1.82) is 0 Å². The number of nitrogens with zero attached hydrogens (tertiary/aromatic N) is 2. The standard InChI is InChI=1S/C8H12N4O2S.ClH/c13-7-4-9-1-5(7)2-10-8(14)6-3-11-15-12-6;/h3,5,7,9,13H,1-2,4H2,(H,10,14);1H. The Balaban J connectivity index is 0.00000128. The summed E-state index contributed by atoms with van der Waals surface area (Å²) in [5.41, 5.74) is 0.334. The maximum Gasteiger partial charge on any atom is 0.272 e. The van der Waals surface area contributed by atoms with Gasteiger partial charge in [-0.15, -0.1) is 12.4 Å². The number of aliphatic hydroxyl groups is 1. The number of halogens is 1. The molecule has 3 N–H and O–H groups in total. The first-order valence-corrected chi connectivity index (χ1v) is 5.45. The Labute approximate surface area is 103 Å². The second kappa shape index (κ2) is 6.09. The van der Waals surface area contributed by atoms with Gasteiger partial charge in [-0.05, 0) is 0 Å². The van der Waals surface area contributed by atoms with Crippen LogP contribution in [0.4, 0.5) is 0 Å². The molecule has 2 atom stereocenters. The van der Waals surface area contributed by atoms with Crippen molar-refractivity contribution in [1.82, 2.24) is 19.4 Å². The first kappa shape index (κ1) is 13.3. The molecule has 1 aromatic heterocycles. The van der Waals surface area contributed by atoms with Gasteiger partial charge in [0.1, 0.15) is 0 Å². The number of rotatable bonds is 3. The Kier molecular flexibility index (Phi) is 5.07. The molecule has 0 spiro atoms. The van der Waals surface area contributed by atoms with E-state index < -0.39 is 0 Å². The minimum absolute atomic E-state index is 0. The van der Waals surface area contributed by atoms with E-state index in [1.54, 1.807) is 0 Å². The van der Waals surface area contributed by atoms with E-state index in [1.165, 1.54) is 6.20 Å². The minimum atomic E-state index is -0.376. The minimum Gasteiger partial charge on any atom is -0.391 e. The third-order valence-electron chi connectivity index (χ3n) is 2.42. The zero-order valence-corrected chi connectivity index (χ0v) is 10.1. The first-order chi connectivity index (χ1) is 7.27. The fourth-order valence-corrected chi connectivity index (χ4v) is 1.92. The molecule has 2 rings (SSSR count). The quantitative estimate of drug-likeness (QED) is 0.670. The summed E-state index contributed by atoms with van der Waals surface area (Å²) in [6.45, 7) is 1.79. The molecule has 2 heterocycles. The van der Waals surface area contributed by atoms with E-state index >= 15 is 0 Å². The van der Waals surface area contributed by atoms with Gasteiger partial charge in [0.15, 0.2) is 5.69 Å². The van der Waals surface area contributed by atoms with E-state index in [9.17, 15) is 9.90 Å². The zero-order chi connectivity index (χ0) is 10.7. The van der Waals surface area contributed by atoms with Crippen LogP contribution in [-0.2, 0) is 0 Å². The van der Waals surface area contributed by atoms with E-state index in [0.29, 0.717) is 18.8 Å². The lowest BCUT2D eigenvalue weighted by atomic mass is 10.1. The number of β-amino-alcohol motifs (C(OH)–C–C–N with tert-alkyl or cyclic N) is 1. The molecule has 2 unspecified atom stereocenters. The highest BCUT2D eigenvalue weighted by Crippen LogP contribution is 2.07. The largest absolute Gasteiger partial charge is 0.391 e. The molecule has 0 saturated carbocycles. The number of hydrogen-bond donors (Lipinski definition) is 3. The summed E-state index contributed by atoms with van der Waals surface area (Å²) in [5, 5.41) is 15.3. The van der Waals surface area contributed by atoms with Crippen molar-refractivity contribution >= 4 is 30.0 Å². The molecule has 1 aliphatic heterocycles. The second-order valence-corrected chi connectivity index (χ2v) is 4.05. The highest BCUT2D eigenvalue weighted by atomic mass is 35.5. The maximum absolute atomic E-state index is 11.5. The highest BCUT2D eigenvalue weighted by molar-refractivity contribution is 6.99. The van der Waals surface area contributed by atoms with Crippen LogP contribution in [0.25, 0.3) is 0 Å². The first-order valence-electron chi connectivity index (χ1n) is 4.72. The Hall–Kier alpha value is -0.760. The number of hydrogen-bond acceptors (Lipinski definition) is 6. The van der Waals surface area contributed by atoms with E-state index in [0.717, 1.165) is 18.3 Å². The maximum atomic E-state index is 11.5. The third-order valence-corrected chi connectivity index (χ3v) is 2.90. The predicted octanol–water partition coefficient (Wildman–Crippen LogP) is -0.730. The van der Waals surface area contributed by atoms with Gasteiger partial charge >= 0.3 is 0 Å². The van der Waals surface area contributed by atoms with Crippen molar-refractivity contribution in [3.63, 3.8) is 0 Å². The van der Waals surface area contributed by atoms with Gasteiger partial charge in [-0.25, -0.2) is 0 Å². The third kappa shape index (κ3) is 3.11. The summed E-state index contributed by atoms with van der Waals surface area (Å²) in [4.78, 5) is 11.5. The van der Waals surface area contributed by atoms with Crippen LogP contribution in [0, 0.1) is 5.92 Å². The summed E-state index contributed by atoms with van der Waals surface area (Å²) in [6, 6.07) is 0. The lowest BCUT2D eigenvalue weighted by Crippen LogP contribution is -2.34. The van der Waals surface area contributed by atoms with Crippen LogP contribution in [0.15, 0.2) is 6.20 Å². The van der Waals surface area contributed by atoms with Crippen LogP contribution in [0.5, 0.6) is 0 Å². The topological polar surface area (TPSA) is 87.1 Å². The molecule has 6 nitrogen and oxygen atoms in total. The van der Waals surface area contributed by atoms with Crippen LogP contribution < -0.4 is 10.6 Å². The predicted molar refractivity (Wildman–Crippen MR) is 61.9 cm³/mol. The van der Waals surface area contributed by atoms with Crippen molar-refractivity contribution < 1.29 is 9.90 Å². The molecule has 8 heteroatoms. The summed E-state index contributed by atoms with van der Waals surface area (Å²) < 4.78 is 7.57. The van der Waals surface area contributed by atoms with Crippen LogP contribution in [0.1, 0.15) is 10.5 Å². The van der Waals surface area contributed by atoms with Crippen molar-refractivity contribution in [3.05, 3.63) is 11.9 Å². The molecule has 16 heavy (non-hydrogen) atoms. The molecule has 1 amide bonds. The van der Waals surface area contributed by atoms with Gasteiger partial charge in [-0.2, -0.15) is 8.75 Å². The van der Waals surface area contributed by atoms with Crippen LogP contribution in [0.2, 0.25) is 0 Å². The molecule has 0 aromatic carbocycles. The van der Waals surface area contributed by atoms with E-state index in [4.69, 9.17) is 0 Å². The lowest BCUT2D eigenvalue weighted by molar-refractivity contribution is 0.0923. The number of aromatic nitrogens is 2. The van der Waals surface area contributed by atoms with Gasteiger partial charge in [-0.3, -0.25) is 4.79 Å². The van der Waals surface area contributed by atoms with Gasteiger partial charge in [0.25, 0.3) is 5.91 Å². The monoisotopic (exact) mass is 264 g/mol. The number of carbonyl (C=O) groups excluding carboxylic acids is 1. The number of amides is 1. The number of carbonyl (C=O) groups is 1. The Morgan fingerprint density at radius 1 is 1.69 bits per heavy atom. The molecule has 1 aliphatic rings. The molecular formula is C8H13ClN4O2S. The van der Waals surface area contributed by atoms with Crippen molar-refractivity contribution in [2.24, 2.45) is 5.92 Å². The van der Waals surface area contributed by atoms with Crippen LogP contribution in [0.3, 0.4) is 0 Å². The molecule has 1 fully saturated rings. The zero-order valence-electron chi connectivity index (χ0n) is 8.42. The van der Waals surface area contributed by atoms with Gasteiger partial charge in [0.2, 0.25) is 0 Å². The van der Waals surface area contributed by atoms with E-state index in [2.05, 4.69) is 19.4 Å². The molecule has 90 valence electrons. The normalized spacial score (nSPS) is 23.8. The van der Waals surface area contributed by atoms with Gasteiger partial charge < -0.3 is 15.7 Å². The molecule has 0 aliphatic carbocycles. The van der Waals surface area contributed by atoms with E-state index in [1.807, 2.05) is 0 Å². The van der Waals surface area contributed by atoms with Crippen molar-refractivity contribution in [2.45, 2.75) is 6.10 Å². The summed E-state index contributed by atoms with van der Waals surface area (Å²) in [6.07, 6.45) is 1.06. The van der Waals surface area contributed by atoms with E-state index in [-0.39, 0.29) is 30.3 Å². The summed E-state index contributed by atoms with van der Waals surface area (Å²) in [7, 11) is 0. The molecule has 0 radical (unpaired) electrons. The Morgan fingerprint density at radius 2 is 2.50 bits per heavy atom. The summed E-state index contributed by atoms with van der Waals surface area (Å²) >= 11 is 1.00. The SMILES string of the molecule is Cl.O=C(NCC1CNCC1O)c1cnsn1. The molecule has 1 saturated heterocycles. The van der Waals surface area contributed by atoms with Crippen molar-refractivity contribution in [3.8, 4) is 0 Å². The molecular weight excluding hydrogens is 252 g/mol. The van der Waals surface area contributed by atoms with Crippen LogP contribution >= 0.6 is 24.1 Å². The number of nitrogens with one attached hydrogen (secondary N) is 2.